The molecule has 2 aliphatic heterocycles. The molecule has 2 heterocycles. The molecule has 0 aromatic carbocycles. The van der Waals surface area contributed by atoms with Gasteiger partial charge in [-0.3, -0.25) is 53.5 Å². The number of methoxy groups -OCH3 is 1. The fraction of sp³-hybridized carbons (Fsp3) is 0.767. The summed E-state index contributed by atoms with van der Waals surface area (Å²) >= 11 is 0. The second-order valence-electron chi connectivity index (χ2n) is 17.9. The van der Waals surface area contributed by atoms with Crippen LogP contribution in [0.3, 0.4) is 0 Å². The molecule has 358 valence electrons. The van der Waals surface area contributed by atoms with Gasteiger partial charge in [-0.15, -0.1) is 0 Å². The first-order valence-corrected chi connectivity index (χ1v) is 21.8. The maximum Gasteiger partial charge on any atom is 0.270 e. The lowest BCUT2D eigenvalue weighted by Crippen LogP contribution is -2.69. The first-order valence-electron chi connectivity index (χ1n) is 21.8. The average molecular weight is 896 g/mol. The SMILES string of the molecule is CCC(C)CC(C)CC(C)/C=C(\C)C(O)C(CCC(=O)C(C)(O)C(=O)N1C(=O)CN(C)C(=O)CNC(=O)CN(C)C(=O)CN(O)C(=O)[C@@H]2CCCNN2C(=O)[C@@H]1C(O)C(C)C)OC. The van der Waals surface area contributed by atoms with Crippen LogP contribution >= 0.6 is 0 Å². The van der Waals surface area contributed by atoms with E-state index in [1.165, 1.54) is 28.0 Å². The maximum atomic E-state index is 14.7. The molecular formula is C43H73N7O13. The van der Waals surface area contributed by atoms with Crippen molar-refractivity contribution < 1.29 is 63.6 Å². The van der Waals surface area contributed by atoms with E-state index < -0.39 is 122 Å². The molecule has 0 radical (unpaired) electrons. The van der Waals surface area contributed by atoms with E-state index in [1.54, 1.807) is 6.92 Å². The molecule has 6 N–H and O–H groups in total. The molecule has 63 heavy (non-hydrogen) atoms. The number of hydrogen-bond acceptors (Lipinski definition) is 14. The second kappa shape index (κ2) is 24.6. The second-order valence-corrected chi connectivity index (χ2v) is 17.9. The van der Waals surface area contributed by atoms with Gasteiger partial charge in [-0.25, -0.2) is 10.5 Å². The van der Waals surface area contributed by atoms with Crippen molar-refractivity contribution in [3.05, 3.63) is 11.6 Å². The molecule has 2 fully saturated rings. The summed E-state index contributed by atoms with van der Waals surface area (Å²) in [7, 11) is 3.72. The Labute approximate surface area is 371 Å². The molecule has 2 aliphatic rings. The van der Waals surface area contributed by atoms with E-state index in [0.717, 1.165) is 48.0 Å². The summed E-state index contributed by atoms with van der Waals surface area (Å²) in [5.74, 6) is -8.74. The number of hydrazine groups is 1. The number of nitrogens with one attached hydrogen (secondary N) is 2. The molecule has 7 unspecified atom stereocenters. The summed E-state index contributed by atoms with van der Waals surface area (Å²) in [6.07, 6.45) is 0.422. The van der Waals surface area contributed by atoms with Gasteiger partial charge in [-0.2, -0.15) is 0 Å². The Morgan fingerprint density at radius 3 is 2.11 bits per heavy atom. The number of hydrogen-bond donors (Lipinski definition) is 6. The van der Waals surface area contributed by atoms with Crippen molar-refractivity contribution in [1.29, 1.82) is 0 Å². The average Bonchev–Trinajstić information content (AvgIpc) is 3.22. The molecule has 2 rings (SSSR count). The largest absolute Gasteiger partial charge is 0.390 e. The van der Waals surface area contributed by atoms with Crippen LogP contribution in [0.1, 0.15) is 100 Å². The molecule has 0 aromatic heterocycles. The Kier molecular flexibility index (Phi) is 21.4. The van der Waals surface area contributed by atoms with Crippen LogP contribution in [-0.2, 0) is 43.1 Å². The van der Waals surface area contributed by atoms with E-state index in [2.05, 4.69) is 31.5 Å². The van der Waals surface area contributed by atoms with Crippen LogP contribution in [0.4, 0.5) is 0 Å². The Hall–Kier alpha value is -4.34. The lowest BCUT2D eigenvalue weighted by Gasteiger charge is -2.43. The predicted molar refractivity (Wildman–Crippen MR) is 229 cm³/mol. The summed E-state index contributed by atoms with van der Waals surface area (Å²) in [5, 5.41) is 48.5. The number of nitrogens with zero attached hydrogens (tertiary/aromatic N) is 5. The highest BCUT2D eigenvalue weighted by Gasteiger charge is 2.52. The molecule has 7 amide bonds. The predicted octanol–water partition coefficient (Wildman–Crippen LogP) is 0.00810. The molecule has 0 aliphatic carbocycles. The van der Waals surface area contributed by atoms with E-state index in [0.29, 0.717) is 17.4 Å². The van der Waals surface area contributed by atoms with Crippen LogP contribution in [0.5, 0.6) is 0 Å². The smallest absolute Gasteiger partial charge is 0.270 e. The Morgan fingerprint density at radius 1 is 0.905 bits per heavy atom. The number of aliphatic hydroxyl groups is 3. The summed E-state index contributed by atoms with van der Waals surface area (Å²) in [4.78, 5) is 112. The lowest BCUT2D eigenvalue weighted by atomic mass is 9.87. The van der Waals surface area contributed by atoms with E-state index in [1.807, 2.05) is 13.0 Å². The third-order valence-corrected chi connectivity index (χ3v) is 11.9. The molecule has 0 bridgehead atoms. The van der Waals surface area contributed by atoms with Crippen LogP contribution < -0.4 is 10.7 Å². The summed E-state index contributed by atoms with van der Waals surface area (Å²) in [5.41, 5.74) is 0.263. The number of ketones is 1. The van der Waals surface area contributed by atoms with Crippen LogP contribution in [-0.4, -0.2) is 182 Å². The molecule has 20 heteroatoms. The number of carbonyl (C=O) groups excluding carboxylic acids is 8. The number of hydroxylamine groups is 2. The number of imide groups is 1. The Morgan fingerprint density at radius 2 is 1.52 bits per heavy atom. The van der Waals surface area contributed by atoms with Crippen molar-refractivity contribution >= 4 is 47.1 Å². The van der Waals surface area contributed by atoms with E-state index >= 15 is 0 Å². The molecule has 20 nitrogen and oxygen atoms in total. The minimum Gasteiger partial charge on any atom is -0.390 e. The Balaban J connectivity index is 2.59. The van der Waals surface area contributed by atoms with Gasteiger partial charge >= 0.3 is 0 Å². The lowest BCUT2D eigenvalue weighted by molar-refractivity contribution is -0.184. The minimum atomic E-state index is -3.05. The minimum absolute atomic E-state index is 0.0549. The highest BCUT2D eigenvalue weighted by atomic mass is 16.5. The van der Waals surface area contributed by atoms with Gasteiger partial charge in [0.2, 0.25) is 23.6 Å². The fourth-order valence-electron chi connectivity index (χ4n) is 7.81. The summed E-state index contributed by atoms with van der Waals surface area (Å²) in [6, 6.07) is -3.79. The van der Waals surface area contributed by atoms with Gasteiger partial charge in [-0.05, 0) is 75.2 Å². The van der Waals surface area contributed by atoms with Crippen molar-refractivity contribution in [3.63, 3.8) is 0 Å². The van der Waals surface area contributed by atoms with E-state index in [-0.39, 0.29) is 41.7 Å². The standard InChI is InChI=1S/C43H73N7O13/c1-12-26(4)18-27(5)19-28(6)20-29(7)39(57)31(63-11)15-16-32(51)43(8,61)42(60)49-36(55)23-47(10)34(53)21-44-33(52)22-46(9)35(54)24-48(62)40(58)30-14-13-17-45-50(30)41(59)37(49)38(56)25(2)3/h20,25-28,30-31,37-39,45,56-57,61-62H,12-19,21-24H2,1-11H3,(H,44,52)/b29-20+/t26?,27?,28?,30-,31?,37-,38?,39?,43?/m0/s1. The quantitative estimate of drug-likeness (QED) is 0.0678. The van der Waals surface area contributed by atoms with Gasteiger partial charge in [0.15, 0.2) is 11.4 Å². The highest BCUT2D eigenvalue weighted by molar-refractivity contribution is 6.15. The highest BCUT2D eigenvalue weighted by Crippen LogP contribution is 2.27. The van der Waals surface area contributed by atoms with Crippen molar-refractivity contribution in [2.45, 2.75) is 136 Å². The van der Waals surface area contributed by atoms with E-state index in [4.69, 9.17) is 4.74 Å². The number of ether oxygens (including phenoxy) is 1. The van der Waals surface area contributed by atoms with Crippen molar-refractivity contribution in [2.75, 3.05) is 53.9 Å². The third-order valence-electron chi connectivity index (χ3n) is 11.9. The zero-order valence-electron chi connectivity index (χ0n) is 39.0. The zero-order chi connectivity index (χ0) is 48.1. The first kappa shape index (κ1) is 54.8. The number of allylic oxidation sites excluding steroid dienone is 1. The number of fused-ring (bicyclic) bond motifs is 1. The molecule has 0 aromatic rings. The normalized spacial score (nSPS) is 23.6. The van der Waals surface area contributed by atoms with Crippen LogP contribution in [0, 0.1) is 23.7 Å². The van der Waals surface area contributed by atoms with Crippen LogP contribution in [0.2, 0.25) is 0 Å². The molecule has 0 saturated carbocycles. The number of amides is 7. The van der Waals surface area contributed by atoms with Gasteiger partial charge in [0.1, 0.15) is 24.7 Å². The van der Waals surface area contributed by atoms with Gasteiger partial charge in [0.05, 0.1) is 31.8 Å². The van der Waals surface area contributed by atoms with Crippen LogP contribution in [0.25, 0.3) is 0 Å². The summed E-state index contributed by atoms with van der Waals surface area (Å²) < 4.78 is 5.55. The number of carbonyl (C=O) groups is 8. The number of aliphatic hydroxyl groups excluding tert-OH is 2. The van der Waals surface area contributed by atoms with Gasteiger partial charge in [0, 0.05) is 34.2 Å². The van der Waals surface area contributed by atoms with Crippen molar-refractivity contribution in [1.82, 2.24) is 35.5 Å². The van der Waals surface area contributed by atoms with Gasteiger partial charge in [-0.1, -0.05) is 54.0 Å². The first-order chi connectivity index (χ1) is 29.3. The van der Waals surface area contributed by atoms with Gasteiger partial charge < -0.3 is 35.2 Å². The maximum absolute atomic E-state index is 14.7. The van der Waals surface area contributed by atoms with Gasteiger partial charge in [0.25, 0.3) is 17.7 Å². The monoisotopic (exact) mass is 896 g/mol. The molecule has 9 atom stereocenters. The van der Waals surface area contributed by atoms with Crippen molar-refractivity contribution in [2.24, 2.45) is 23.7 Å². The topological polar surface area (TPSA) is 267 Å². The number of rotatable bonds is 16. The van der Waals surface area contributed by atoms with Crippen LogP contribution in [0.15, 0.2) is 11.6 Å². The fourth-order valence-corrected chi connectivity index (χ4v) is 7.81. The zero-order valence-corrected chi connectivity index (χ0v) is 39.0. The molecular weight excluding hydrogens is 823 g/mol. The van der Waals surface area contributed by atoms with E-state index in [9.17, 15) is 58.9 Å². The molecule has 2 saturated heterocycles. The van der Waals surface area contributed by atoms with Crippen molar-refractivity contribution in [3.8, 4) is 0 Å². The summed E-state index contributed by atoms with van der Waals surface area (Å²) in [6.45, 7) is 11.0. The number of Topliss-reactive ketones (excluding diaryl/α,β-unsaturated/α-hetero) is 1. The third kappa shape index (κ3) is 15.1. The Bertz CT molecular complexity index is 1670. The number of likely N-dealkylation sites (N-methyl/N-ethyl adjacent to an activating group) is 2. The molecule has 0 spiro atoms.